The molecule has 0 bridgehead atoms. The van der Waals surface area contributed by atoms with E-state index in [1.165, 1.54) is 5.69 Å². The molecule has 3 rings (SSSR count). The topological polar surface area (TPSA) is 70.2 Å². The maximum absolute atomic E-state index is 11.7. The molecule has 1 spiro atoms. The fourth-order valence-electron chi connectivity index (χ4n) is 3.13. The van der Waals surface area contributed by atoms with Crippen molar-refractivity contribution >= 4 is 6.09 Å². The molecule has 104 valence electrons. The van der Waals surface area contributed by atoms with Crippen molar-refractivity contribution in [1.29, 1.82) is 0 Å². The lowest BCUT2D eigenvalue weighted by Crippen LogP contribution is -2.55. The second-order valence-corrected chi connectivity index (χ2v) is 5.17. The van der Waals surface area contributed by atoms with Crippen LogP contribution in [0.4, 0.5) is 4.79 Å². The first-order chi connectivity index (χ1) is 9.25. The van der Waals surface area contributed by atoms with Crippen LogP contribution in [0.3, 0.4) is 0 Å². The summed E-state index contributed by atoms with van der Waals surface area (Å²) in [6.07, 6.45) is 4.36. The van der Waals surface area contributed by atoms with Crippen LogP contribution in [0.25, 0.3) is 0 Å². The maximum Gasteiger partial charge on any atom is 0.409 e. The van der Waals surface area contributed by atoms with Gasteiger partial charge in [-0.15, -0.1) is 0 Å². The number of amides is 1. The van der Waals surface area contributed by atoms with Crippen LogP contribution >= 0.6 is 0 Å². The van der Waals surface area contributed by atoms with E-state index >= 15 is 0 Å². The smallest absolute Gasteiger partial charge is 0.409 e. The van der Waals surface area contributed by atoms with Gasteiger partial charge in [-0.05, 0) is 19.8 Å². The molecular weight excluding hydrogens is 244 g/mol. The van der Waals surface area contributed by atoms with Gasteiger partial charge < -0.3 is 19.9 Å². The minimum absolute atomic E-state index is 0.0590. The van der Waals surface area contributed by atoms with Crippen molar-refractivity contribution in [1.82, 2.24) is 20.2 Å². The van der Waals surface area contributed by atoms with Gasteiger partial charge in [-0.1, -0.05) is 0 Å². The Morgan fingerprint density at radius 3 is 3.05 bits per heavy atom. The highest BCUT2D eigenvalue weighted by Gasteiger charge is 2.42. The monoisotopic (exact) mass is 264 g/mol. The number of imidazole rings is 1. The summed E-state index contributed by atoms with van der Waals surface area (Å²) in [6.45, 7) is 4.68. The molecule has 2 N–H and O–H groups in total. The first-order valence-electron chi connectivity index (χ1n) is 6.94. The minimum Gasteiger partial charge on any atom is -0.450 e. The van der Waals surface area contributed by atoms with Crippen LogP contribution < -0.4 is 5.32 Å². The quantitative estimate of drug-likeness (QED) is 0.794. The lowest BCUT2D eigenvalue weighted by atomic mass is 9.81. The van der Waals surface area contributed by atoms with Gasteiger partial charge in [0.15, 0.2) is 0 Å². The Kier molecular flexibility index (Phi) is 3.18. The molecule has 0 saturated carbocycles. The number of H-pyrrole nitrogens is 1. The molecule has 2 aliphatic heterocycles. The number of carbonyl (C=O) groups excluding carboxylic acids is 1. The number of fused-ring (bicyclic) bond motifs is 2. The Morgan fingerprint density at radius 1 is 1.53 bits per heavy atom. The molecule has 0 aromatic carbocycles. The summed E-state index contributed by atoms with van der Waals surface area (Å²) in [7, 11) is 0. The van der Waals surface area contributed by atoms with Crippen molar-refractivity contribution in [3.05, 3.63) is 17.7 Å². The van der Waals surface area contributed by atoms with Crippen LogP contribution in [0, 0.1) is 0 Å². The summed E-state index contributed by atoms with van der Waals surface area (Å²) in [5.74, 6) is 0. The summed E-state index contributed by atoms with van der Waals surface area (Å²) in [6, 6.07) is 0. The van der Waals surface area contributed by atoms with Crippen LogP contribution in [-0.4, -0.2) is 47.2 Å². The van der Waals surface area contributed by atoms with Gasteiger partial charge >= 0.3 is 6.09 Å². The van der Waals surface area contributed by atoms with Crippen molar-refractivity contribution in [2.45, 2.75) is 31.7 Å². The number of likely N-dealkylation sites (tertiary alicyclic amines) is 1. The molecule has 3 heterocycles. The standard InChI is InChI=1S/C13H20N4O2/c1-2-19-12(18)17-7-4-13(5-8-17)11-10(3-6-16-13)14-9-15-11/h9,16H,2-8H2,1H3,(H,14,15). The Bertz CT molecular complexity index is 463. The Morgan fingerprint density at radius 2 is 2.32 bits per heavy atom. The normalized spacial score (nSPS) is 21.2. The third-order valence-corrected chi connectivity index (χ3v) is 4.15. The van der Waals surface area contributed by atoms with Gasteiger partial charge in [-0.3, -0.25) is 0 Å². The highest BCUT2D eigenvalue weighted by atomic mass is 16.6. The SMILES string of the molecule is CCOC(=O)N1CCC2(CC1)NCCc1[nH]cnc12. The van der Waals surface area contributed by atoms with Crippen LogP contribution in [0.2, 0.25) is 0 Å². The van der Waals surface area contributed by atoms with E-state index in [-0.39, 0.29) is 11.6 Å². The van der Waals surface area contributed by atoms with E-state index in [1.807, 2.05) is 6.92 Å². The lowest BCUT2D eigenvalue weighted by molar-refractivity contribution is 0.0773. The number of nitrogens with zero attached hydrogens (tertiary/aromatic N) is 2. The lowest BCUT2D eigenvalue weighted by Gasteiger charge is -2.43. The molecule has 1 fully saturated rings. The fraction of sp³-hybridized carbons (Fsp3) is 0.692. The third-order valence-electron chi connectivity index (χ3n) is 4.15. The predicted molar refractivity (Wildman–Crippen MR) is 69.8 cm³/mol. The number of piperidine rings is 1. The largest absolute Gasteiger partial charge is 0.450 e. The van der Waals surface area contributed by atoms with E-state index in [4.69, 9.17) is 4.74 Å². The maximum atomic E-state index is 11.7. The number of hydrogen-bond acceptors (Lipinski definition) is 4. The number of ether oxygens (including phenoxy) is 1. The van der Waals surface area contributed by atoms with Crippen molar-refractivity contribution in [2.75, 3.05) is 26.2 Å². The molecule has 0 aliphatic carbocycles. The molecule has 1 amide bonds. The van der Waals surface area contributed by atoms with Gasteiger partial charge in [0, 0.05) is 31.7 Å². The third kappa shape index (κ3) is 2.10. The first-order valence-corrected chi connectivity index (χ1v) is 6.94. The van der Waals surface area contributed by atoms with Crippen LogP contribution in [0.5, 0.6) is 0 Å². The Hall–Kier alpha value is -1.56. The van der Waals surface area contributed by atoms with Gasteiger partial charge in [0.2, 0.25) is 0 Å². The Labute approximate surface area is 112 Å². The van der Waals surface area contributed by atoms with Crippen molar-refractivity contribution in [3.63, 3.8) is 0 Å². The first kappa shape index (κ1) is 12.5. The zero-order valence-corrected chi connectivity index (χ0v) is 11.2. The summed E-state index contributed by atoms with van der Waals surface area (Å²) in [4.78, 5) is 21.2. The van der Waals surface area contributed by atoms with E-state index in [2.05, 4.69) is 15.3 Å². The molecule has 2 aliphatic rings. The van der Waals surface area contributed by atoms with Crippen LogP contribution in [-0.2, 0) is 16.7 Å². The van der Waals surface area contributed by atoms with Gasteiger partial charge in [0.25, 0.3) is 0 Å². The zero-order chi connectivity index (χ0) is 13.3. The number of carbonyl (C=O) groups is 1. The van der Waals surface area contributed by atoms with Crippen LogP contribution in [0.1, 0.15) is 31.2 Å². The van der Waals surface area contributed by atoms with Gasteiger partial charge in [0.05, 0.1) is 24.2 Å². The summed E-state index contributed by atoms with van der Waals surface area (Å²) in [5.41, 5.74) is 2.32. The van der Waals surface area contributed by atoms with Gasteiger partial charge in [0.1, 0.15) is 0 Å². The molecule has 0 atom stereocenters. The molecule has 1 saturated heterocycles. The van der Waals surface area contributed by atoms with E-state index in [0.29, 0.717) is 6.61 Å². The predicted octanol–water partition coefficient (Wildman–Crippen LogP) is 1.00. The van der Waals surface area contributed by atoms with Crippen molar-refractivity contribution in [2.24, 2.45) is 0 Å². The van der Waals surface area contributed by atoms with E-state index in [1.54, 1.807) is 11.2 Å². The number of hydrogen-bond donors (Lipinski definition) is 2. The zero-order valence-electron chi connectivity index (χ0n) is 11.2. The van der Waals surface area contributed by atoms with E-state index < -0.39 is 0 Å². The molecule has 1 aromatic heterocycles. The highest BCUT2D eigenvalue weighted by molar-refractivity contribution is 5.67. The summed E-state index contributed by atoms with van der Waals surface area (Å²) < 4.78 is 5.06. The fourth-order valence-corrected chi connectivity index (χ4v) is 3.13. The molecule has 19 heavy (non-hydrogen) atoms. The number of aromatic nitrogens is 2. The van der Waals surface area contributed by atoms with Gasteiger partial charge in [-0.25, -0.2) is 9.78 Å². The molecule has 0 radical (unpaired) electrons. The number of aromatic amines is 1. The minimum atomic E-state index is -0.199. The molecule has 1 aromatic rings. The van der Waals surface area contributed by atoms with E-state index in [0.717, 1.165) is 44.6 Å². The Balaban J connectivity index is 1.72. The average molecular weight is 264 g/mol. The molecule has 0 unspecified atom stereocenters. The molecular formula is C13H20N4O2. The highest BCUT2D eigenvalue weighted by Crippen LogP contribution is 2.35. The molecule has 6 heteroatoms. The molecule has 6 nitrogen and oxygen atoms in total. The summed E-state index contributed by atoms with van der Waals surface area (Å²) in [5, 5.41) is 3.61. The van der Waals surface area contributed by atoms with Crippen molar-refractivity contribution in [3.8, 4) is 0 Å². The van der Waals surface area contributed by atoms with E-state index in [9.17, 15) is 4.79 Å². The van der Waals surface area contributed by atoms with Crippen molar-refractivity contribution < 1.29 is 9.53 Å². The second-order valence-electron chi connectivity index (χ2n) is 5.17. The van der Waals surface area contributed by atoms with Crippen LogP contribution in [0.15, 0.2) is 6.33 Å². The average Bonchev–Trinajstić information content (AvgIpc) is 2.90. The van der Waals surface area contributed by atoms with Gasteiger partial charge in [-0.2, -0.15) is 0 Å². The number of nitrogens with one attached hydrogen (secondary N) is 2. The number of rotatable bonds is 1. The second kappa shape index (κ2) is 4.85. The summed E-state index contributed by atoms with van der Waals surface area (Å²) >= 11 is 0.